The molecule has 120 valence electrons. The molecular formula is C19H24N3O+. The van der Waals surface area contributed by atoms with Crippen molar-refractivity contribution in [3.63, 3.8) is 0 Å². The van der Waals surface area contributed by atoms with Crippen molar-refractivity contribution >= 4 is 17.4 Å². The summed E-state index contributed by atoms with van der Waals surface area (Å²) in [5.41, 5.74) is 1.81. The summed E-state index contributed by atoms with van der Waals surface area (Å²) in [7, 11) is 4.43. The molecule has 2 aromatic carbocycles. The first kappa shape index (κ1) is 15.6. The number of para-hydroxylation sites is 2. The lowest BCUT2D eigenvalue weighted by Gasteiger charge is -2.40. The minimum absolute atomic E-state index is 0.0575. The quantitative estimate of drug-likeness (QED) is 0.780. The maximum Gasteiger partial charge on any atom is 0.329 e. The second-order valence-electron chi connectivity index (χ2n) is 6.66. The van der Waals surface area contributed by atoms with Crippen molar-refractivity contribution < 1.29 is 9.28 Å². The Morgan fingerprint density at radius 3 is 1.74 bits per heavy atom. The largest absolute Gasteiger partial charge is 0.329 e. The normalized spacial score (nSPS) is 16.9. The van der Waals surface area contributed by atoms with Crippen molar-refractivity contribution in [3.05, 3.63) is 60.7 Å². The fraction of sp³-hybridized carbons (Fsp3) is 0.316. The molecule has 0 aromatic heterocycles. The molecule has 0 spiro atoms. The Morgan fingerprint density at radius 1 is 0.870 bits per heavy atom. The third-order valence-corrected chi connectivity index (χ3v) is 4.44. The van der Waals surface area contributed by atoms with Gasteiger partial charge in [0.1, 0.15) is 0 Å². The van der Waals surface area contributed by atoms with Gasteiger partial charge in [-0.05, 0) is 24.3 Å². The maximum absolute atomic E-state index is 13.2. The molecule has 2 amide bonds. The highest BCUT2D eigenvalue weighted by Gasteiger charge is 2.31. The van der Waals surface area contributed by atoms with Crippen LogP contribution < -0.4 is 4.90 Å². The van der Waals surface area contributed by atoms with Crippen LogP contribution in [0.2, 0.25) is 0 Å². The zero-order valence-corrected chi connectivity index (χ0v) is 13.9. The summed E-state index contributed by atoms with van der Waals surface area (Å²) in [5, 5.41) is 0. The number of urea groups is 1. The minimum Gasteiger partial charge on any atom is -0.326 e. The number of likely N-dealkylation sites (N-methyl/N-ethyl adjacent to an activating group) is 1. The van der Waals surface area contributed by atoms with E-state index in [4.69, 9.17) is 0 Å². The first-order valence-corrected chi connectivity index (χ1v) is 8.08. The second kappa shape index (κ2) is 6.42. The third kappa shape index (κ3) is 3.54. The van der Waals surface area contributed by atoms with Crippen LogP contribution in [-0.2, 0) is 0 Å². The second-order valence-corrected chi connectivity index (χ2v) is 6.66. The number of carbonyl (C=O) groups is 1. The van der Waals surface area contributed by atoms with Crippen LogP contribution in [-0.4, -0.2) is 55.7 Å². The smallest absolute Gasteiger partial charge is 0.326 e. The van der Waals surface area contributed by atoms with Crippen LogP contribution in [0.15, 0.2) is 60.7 Å². The summed E-state index contributed by atoms with van der Waals surface area (Å²) in [4.78, 5) is 16.9. The SMILES string of the molecule is C[N+]1(C)CCN(C(=O)N(c2ccccc2)c2ccccc2)CC1. The average Bonchev–Trinajstić information content (AvgIpc) is 2.57. The predicted octanol–water partition coefficient (Wildman–Crippen LogP) is 3.34. The Labute approximate surface area is 138 Å². The molecule has 1 heterocycles. The number of rotatable bonds is 2. The third-order valence-electron chi connectivity index (χ3n) is 4.44. The van der Waals surface area contributed by atoms with Gasteiger partial charge in [0.15, 0.2) is 0 Å². The van der Waals surface area contributed by atoms with Crippen molar-refractivity contribution in [3.8, 4) is 0 Å². The van der Waals surface area contributed by atoms with E-state index in [9.17, 15) is 4.79 Å². The Morgan fingerprint density at radius 2 is 1.30 bits per heavy atom. The first-order valence-electron chi connectivity index (χ1n) is 8.08. The highest BCUT2D eigenvalue weighted by atomic mass is 16.2. The number of benzene rings is 2. The van der Waals surface area contributed by atoms with Crippen molar-refractivity contribution in [2.45, 2.75) is 0 Å². The molecular weight excluding hydrogens is 286 g/mol. The molecule has 0 N–H and O–H groups in total. The molecule has 4 nitrogen and oxygen atoms in total. The fourth-order valence-corrected chi connectivity index (χ4v) is 2.86. The fourth-order valence-electron chi connectivity index (χ4n) is 2.86. The number of amides is 2. The Balaban J connectivity index is 1.89. The van der Waals surface area contributed by atoms with Crippen molar-refractivity contribution in [1.29, 1.82) is 0 Å². The molecule has 1 saturated heterocycles. The van der Waals surface area contributed by atoms with Gasteiger partial charge in [0.05, 0.1) is 51.6 Å². The molecule has 0 atom stereocenters. The zero-order chi connectivity index (χ0) is 16.3. The van der Waals surface area contributed by atoms with Gasteiger partial charge in [-0.3, -0.25) is 4.90 Å². The van der Waals surface area contributed by atoms with E-state index in [1.807, 2.05) is 70.5 Å². The molecule has 0 bridgehead atoms. The molecule has 0 unspecified atom stereocenters. The Hall–Kier alpha value is -2.33. The van der Waals surface area contributed by atoms with E-state index in [2.05, 4.69) is 14.1 Å². The minimum atomic E-state index is 0.0575. The van der Waals surface area contributed by atoms with Gasteiger partial charge in [-0.25, -0.2) is 4.79 Å². The summed E-state index contributed by atoms with van der Waals surface area (Å²) in [6.07, 6.45) is 0. The van der Waals surface area contributed by atoms with Crippen LogP contribution >= 0.6 is 0 Å². The maximum atomic E-state index is 13.2. The lowest BCUT2D eigenvalue weighted by Crippen LogP contribution is -2.57. The van der Waals surface area contributed by atoms with Gasteiger partial charge in [0.25, 0.3) is 0 Å². The topological polar surface area (TPSA) is 23.6 Å². The van der Waals surface area contributed by atoms with Gasteiger partial charge in [0, 0.05) is 0 Å². The molecule has 1 fully saturated rings. The summed E-state index contributed by atoms with van der Waals surface area (Å²) in [6.45, 7) is 3.57. The van der Waals surface area contributed by atoms with Crippen molar-refractivity contribution in [1.82, 2.24) is 4.90 Å². The summed E-state index contributed by atoms with van der Waals surface area (Å²) in [6, 6.07) is 19.8. The Bertz CT molecular complexity index is 605. The van der Waals surface area contributed by atoms with E-state index in [-0.39, 0.29) is 6.03 Å². The highest BCUT2D eigenvalue weighted by Crippen LogP contribution is 2.27. The molecule has 0 saturated carbocycles. The van der Waals surface area contributed by atoms with E-state index in [1.165, 1.54) is 0 Å². The van der Waals surface area contributed by atoms with E-state index in [0.29, 0.717) is 0 Å². The van der Waals surface area contributed by atoms with Crippen molar-refractivity contribution in [2.75, 3.05) is 45.2 Å². The van der Waals surface area contributed by atoms with Crippen LogP contribution in [0.3, 0.4) is 0 Å². The summed E-state index contributed by atoms with van der Waals surface area (Å²) < 4.78 is 0.973. The molecule has 4 heteroatoms. The van der Waals surface area contributed by atoms with Gasteiger partial charge in [-0.15, -0.1) is 0 Å². The van der Waals surface area contributed by atoms with E-state index >= 15 is 0 Å². The van der Waals surface area contributed by atoms with Gasteiger partial charge >= 0.3 is 6.03 Å². The van der Waals surface area contributed by atoms with Crippen LogP contribution in [0.25, 0.3) is 0 Å². The molecule has 2 aromatic rings. The van der Waals surface area contributed by atoms with Crippen LogP contribution in [0, 0.1) is 0 Å². The molecule has 3 rings (SSSR count). The number of carbonyl (C=O) groups excluding carboxylic acids is 1. The molecule has 0 aliphatic carbocycles. The van der Waals surface area contributed by atoms with E-state index in [0.717, 1.165) is 42.0 Å². The van der Waals surface area contributed by atoms with Crippen LogP contribution in [0.5, 0.6) is 0 Å². The molecule has 23 heavy (non-hydrogen) atoms. The lowest BCUT2D eigenvalue weighted by molar-refractivity contribution is -0.894. The van der Waals surface area contributed by atoms with Gasteiger partial charge in [-0.1, -0.05) is 36.4 Å². The lowest BCUT2D eigenvalue weighted by atomic mass is 10.2. The van der Waals surface area contributed by atoms with E-state index < -0.39 is 0 Å². The van der Waals surface area contributed by atoms with Crippen molar-refractivity contribution in [2.24, 2.45) is 0 Å². The number of hydrogen-bond donors (Lipinski definition) is 0. The number of anilines is 2. The van der Waals surface area contributed by atoms with Crippen LogP contribution in [0.4, 0.5) is 16.2 Å². The predicted molar refractivity (Wildman–Crippen MR) is 93.8 cm³/mol. The van der Waals surface area contributed by atoms with E-state index in [1.54, 1.807) is 0 Å². The van der Waals surface area contributed by atoms with Gasteiger partial charge in [0.2, 0.25) is 0 Å². The summed E-state index contributed by atoms with van der Waals surface area (Å²) in [5.74, 6) is 0. The van der Waals surface area contributed by atoms with Gasteiger partial charge in [-0.2, -0.15) is 0 Å². The number of piperazine rings is 1. The Kier molecular flexibility index (Phi) is 4.35. The van der Waals surface area contributed by atoms with Crippen LogP contribution in [0.1, 0.15) is 0 Å². The molecule has 1 aliphatic rings. The number of nitrogens with zero attached hydrogens (tertiary/aromatic N) is 3. The highest BCUT2D eigenvalue weighted by molar-refractivity contribution is 5.99. The zero-order valence-electron chi connectivity index (χ0n) is 13.9. The standard InChI is InChI=1S/C19H24N3O/c1-22(2)15-13-20(14-16-22)19(23)21(17-9-5-3-6-10-17)18-11-7-4-8-12-18/h3-12H,13-16H2,1-2H3/q+1. The molecule has 0 radical (unpaired) electrons. The number of quaternary nitrogens is 1. The average molecular weight is 310 g/mol. The monoisotopic (exact) mass is 310 g/mol. The first-order chi connectivity index (χ1) is 11.1. The number of hydrogen-bond acceptors (Lipinski definition) is 1. The summed E-state index contributed by atoms with van der Waals surface area (Å²) >= 11 is 0. The molecule has 1 aliphatic heterocycles. The van der Waals surface area contributed by atoms with Gasteiger partial charge < -0.3 is 9.38 Å².